The summed E-state index contributed by atoms with van der Waals surface area (Å²) in [4.78, 5) is 21.6. The minimum atomic E-state index is -0.515. The van der Waals surface area contributed by atoms with Crippen molar-refractivity contribution in [3.63, 3.8) is 0 Å². The number of hydrogen-bond donors (Lipinski definition) is 0. The summed E-state index contributed by atoms with van der Waals surface area (Å²) >= 11 is 0. The Kier molecular flexibility index (Phi) is 5.10. The Morgan fingerprint density at radius 3 is 2.61 bits per heavy atom. The van der Waals surface area contributed by atoms with E-state index in [4.69, 9.17) is 9.47 Å². The van der Waals surface area contributed by atoms with Gasteiger partial charge in [-0.25, -0.2) is 0 Å². The fourth-order valence-corrected chi connectivity index (χ4v) is 1.47. The number of nitro benzene ring substituents is 1. The minimum absolute atomic E-state index is 0.0753. The topological polar surface area (TPSA) is 78.7 Å². The normalized spacial score (nSPS) is 9.89. The summed E-state index contributed by atoms with van der Waals surface area (Å²) in [7, 11) is 0. The molecule has 0 aliphatic carbocycles. The first-order valence-electron chi connectivity index (χ1n) is 5.64. The number of nitro groups is 1. The summed E-state index contributed by atoms with van der Waals surface area (Å²) in [5.74, 6) is -0.196. The number of benzene rings is 1. The van der Waals surface area contributed by atoms with E-state index < -0.39 is 4.92 Å². The highest BCUT2D eigenvalue weighted by molar-refractivity contribution is 5.73. The summed E-state index contributed by atoms with van der Waals surface area (Å²) < 4.78 is 10.00. The average molecular weight is 253 g/mol. The molecular weight excluding hydrogens is 238 g/mol. The Balaban J connectivity index is 2.92. The Labute approximate surface area is 105 Å². The lowest BCUT2D eigenvalue weighted by Crippen LogP contribution is -2.08. The molecule has 0 aromatic heterocycles. The van der Waals surface area contributed by atoms with Gasteiger partial charge in [0, 0.05) is 6.07 Å². The number of nitrogens with zero attached hydrogens (tertiary/aromatic N) is 1. The van der Waals surface area contributed by atoms with E-state index in [9.17, 15) is 14.9 Å². The summed E-state index contributed by atoms with van der Waals surface area (Å²) in [5, 5.41) is 10.8. The highest BCUT2D eigenvalue weighted by Gasteiger charge is 2.16. The van der Waals surface area contributed by atoms with Crippen LogP contribution in [-0.2, 0) is 16.0 Å². The highest BCUT2D eigenvalue weighted by atomic mass is 16.6. The minimum Gasteiger partial charge on any atom is -0.487 e. The Hall–Kier alpha value is -2.11. The summed E-state index contributed by atoms with van der Waals surface area (Å²) in [6, 6.07) is 4.36. The van der Waals surface area contributed by atoms with Gasteiger partial charge in [-0.05, 0) is 25.5 Å². The number of carbonyl (C=O) groups is 1. The number of carbonyl (C=O) groups excluding carboxylic acids is 1. The van der Waals surface area contributed by atoms with Gasteiger partial charge in [0.1, 0.15) is 0 Å². The molecule has 0 atom stereocenters. The SMILES string of the molecule is CCOC(=O)Cc1ccc([N+](=O)[O-])c(OCC)c1. The van der Waals surface area contributed by atoms with Crippen molar-refractivity contribution in [3.05, 3.63) is 33.9 Å². The third-order valence-corrected chi connectivity index (χ3v) is 2.17. The van der Waals surface area contributed by atoms with Gasteiger partial charge in [0.25, 0.3) is 0 Å². The quantitative estimate of drug-likeness (QED) is 0.440. The van der Waals surface area contributed by atoms with Gasteiger partial charge < -0.3 is 9.47 Å². The van der Waals surface area contributed by atoms with Gasteiger partial charge in [0.05, 0.1) is 24.6 Å². The number of hydrogen-bond acceptors (Lipinski definition) is 5. The van der Waals surface area contributed by atoms with E-state index in [1.807, 2.05) is 0 Å². The molecule has 0 bridgehead atoms. The first kappa shape index (κ1) is 14.0. The molecule has 0 aliphatic rings. The van der Waals surface area contributed by atoms with E-state index in [-0.39, 0.29) is 23.8 Å². The second-order valence-electron chi connectivity index (χ2n) is 3.47. The molecule has 1 aromatic rings. The van der Waals surface area contributed by atoms with Crippen molar-refractivity contribution in [1.82, 2.24) is 0 Å². The summed E-state index contributed by atoms with van der Waals surface area (Å²) in [5.41, 5.74) is 0.520. The fraction of sp³-hybridized carbons (Fsp3) is 0.417. The second kappa shape index (κ2) is 6.58. The van der Waals surface area contributed by atoms with Gasteiger partial charge in [0.2, 0.25) is 0 Å². The monoisotopic (exact) mass is 253 g/mol. The molecule has 0 fully saturated rings. The molecule has 98 valence electrons. The maximum atomic E-state index is 11.3. The summed E-state index contributed by atoms with van der Waals surface area (Å²) in [6.07, 6.45) is 0.0753. The van der Waals surface area contributed by atoms with Gasteiger partial charge in [-0.15, -0.1) is 0 Å². The molecule has 0 heterocycles. The van der Waals surface area contributed by atoms with Crippen LogP contribution in [0, 0.1) is 10.1 Å². The zero-order chi connectivity index (χ0) is 13.5. The molecule has 6 nitrogen and oxygen atoms in total. The van der Waals surface area contributed by atoms with Crippen LogP contribution in [0.5, 0.6) is 5.75 Å². The van der Waals surface area contributed by atoms with Crippen molar-refractivity contribution in [1.29, 1.82) is 0 Å². The molecule has 1 rings (SSSR count). The lowest BCUT2D eigenvalue weighted by atomic mass is 10.1. The maximum Gasteiger partial charge on any atom is 0.310 e. The van der Waals surface area contributed by atoms with Gasteiger partial charge in [-0.2, -0.15) is 0 Å². The van der Waals surface area contributed by atoms with E-state index in [1.54, 1.807) is 13.8 Å². The van der Waals surface area contributed by atoms with Crippen LogP contribution in [0.15, 0.2) is 18.2 Å². The van der Waals surface area contributed by atoms with Crippen LogP contribution in [0.3, 0.4) is 0 Å². The Morgan fingerprint density at radius 2 is 2.06 bits per heavy atom. The van der Waals surface area contributed by atoms with E-state index >= 15 is 0 Å². The zero-order valence-electron chi connectivity index (χ0n) is 10.3. The molecule has 18 heavy (non-hydrogen) atoms. The third-order valence-electron chi connectivity index (χ3n) is 2.17. The molecule has 6 heteroatoms. The maximum absolute atomic E-state index is 11.3. The average Bonchev–Trinajstić information content (AvgIpc) is 2.29. The van der Waals surface area contributed by atoms with Crippen molar-refractivity contribution in [2.24, 2.45) is 0 Å². The predicted octanol–water partition coefficient (Wildman–Crippen LogP) is 2.10. The van der Waals surface area contributed by atoms with Gasteiger partial charge >= 0.3 is 11.7 Å². The fourth-order valence-electron chi connectivity index (χ4n) is 1.47. The molecule has 0 unspecified atom stereocenters. The molecule has 0 saturated carbocycles. The van der Waals surface area contributed by atoms with E-state index in [2.05, 4.69) is 0 Å². The van der Waals surface area contributed by atoms with E-state index in [0.29, 0.717) is 18.8 Å². The Bertz CT molecular complexity index is 444. The molecular formula is C12H15NO5. The predicted molar refractivity (Wildman–Crippen MR) is 64.6 cm³/mol. The number of rotatable bonds is 6. The van der Waals surface area contributed by atoms with Crippen molar-refractivity contribution >= 4 is 11.7 Å². The molecule has 0 amide bonds. The molecule has 0 N–H and O–H groups in total. The smallest absolute Gasteiger partial charge is 0.310 e. The van der Waals surface area contributed by atoms with E-state index in [1.165, 1.54) is 18.2 Å². The lowest BCUT2D eigenvalue weighted by molar-refractivity contribution is -0.385. The first-order chi connectivity index (χ1) is 8.58. The molecule has 1 aromatic carbocycles. The first-order valence-corrected chi connectivity index (χ1v) is 5.64. The molecule has 0 radical (unpaired) electrons. The van der Waals surface area contributed by atoms with Crippen LogP contribution in [0.2, 0.25) is 0 Å². The van der Waals surface area contributed by atoms with Crippen LogP contribution in [0.4, 0.5) is 5.69 Å². The zero-order valence-corrected chi connectivity index (χ0v) is 10.3. The van der Waals surface area contributed by atoms with Crippen LogP contribution in [0.1, 0.15) is 19.4 Å². The Morgan fingerprint density at radius 1 is 1.33 bits per heavy atom. The lowest BCUT2D eigenvalue weighted by Gasteiger charge is -2.07. The van der Waals surface area contributed by atoms with Crippen molar-refractivity contribution in [2.45, 2.75) is 20.3 Å². The molecule has 0 aliphatic heterocycles. The van der Waals surface area contributed by atoms with Crippen LogP contribution >= 0.6 is 0 Å². The van der Waals surface area contributed by atoms with Gasteiger partial charge in [0.15, 0.2) is 5.75 Å². The van der Waals surface area contributed by atoms with E-state index in [0.717, 1.165) is 0 Å². The third kappa shape index (κ3) is 3.73. The van der Waals surface area contributed by atoms with Crippen LogP contribution < -0.4 is 4.74 Å². The molecule has 0 spiro atoms. The van der Waals surface area contributed by atoms with Gasteiger partial charge in [-0.1, -0.05) is 6.07 Å². The largest absolute Gasteiger partial charge is 0.487 e. The second-order valence-corrected chi connectivity index (χ2v) is 3.47. The van der Waals surface area contributed by atoms with Crippen molar-refractivity contribution < 1.29 is 19.2 Å². The standard InChI is InChI=1S/C12H15NO5/c1-3-17-11-7-9(8-12(14)18-4-2)5-6-10(11)13(15)16/h5-7H,3-4,8H2,1-2H3. The van der Waals surface area contributed by atoms with Crippen molar-refractivity contribution in [3.8, 4) is 5.75 Å². The van der Waals surface area contributed by atoms with Gasteiger partial charge in [-0.3, -0.25) is 14.9 Å². The number of esters is 1. The molecule has 0 saturated heterocycles. The van der Waals surface area contributed by atoms with Crippen LogP contribution in [0.25, 0.3) is 0 Å². The van der Waals surface area contributed by atoms with Crippen LogP contribution in [-0.4, -0.2) is 24.1 Å². The highest BCUT2D eigenvalue weighted by Crippen LogP contribution is 2.28. The summed E-state index contributed by atoms with van der Waals surface area (Å²) in [6.45, 7) is 4.09. The van der Waals surface area contributed by atoms with Crippen molar-refractivity contribution in [2.75, 3.05) is 13.2 Å². The number of ether oxygens (including phenoxy) is 2.